The molecule has 18 heavy (non-hydrogen) atoms. The highest BCUT2D eigenvalue weighted by atomic mass is 32.2. The highest BCUT2D eigenvalue weighted by Crippen LogP contribution is 2.31. The Morgan fingerprint density at radius 3 is 2.72 bits per heavy atom. The zero-order chi connectivity index (χ0) is 13.3. The molecular weight excluding hydrogens is 250 g/mol. The lowest BCUT2D eigenvalue weighted by Gasteiger charge is -2.33. The van der Waals surface area contributed by atoms with Crippen molar-refractivity contribution >= 4 is 21.4 Å². The molecule has 0 aromatic heterocycles. The number of nitrogen functional groups attached to an aromatic ring is 1. The summed E-state index contributed by atoms with van der Waals surface area (Å²) in [7, 11) is -3.76. The minimum absolute atomic E-state index is 0.0122. The molecular formula is C12H19N3O2S. The average molecular weight is 269 g/mol. The van der Waals surface area contributed by atoms with Crippen LogP contribution >= 0.6 is 0 Å². The molecule has 2 rings (SSSR count). The Morgan fingerprint density at radius 1 is 1.39 bits per heavy atom. The molecule has 4 N–H and O–H groups in total. The summed E-state index contributed by atoms with van der Waals surface area (Å²) in [5, 5.41) is 5.16. The van der Waals surface area contributed by atoms with Gasteiger partial charge in [0.05, 0.1) is 11.4 Å². The summed E-state index contributed by atoms with van der Waals surface area (Å²) in [4.78, 5) is 2.15. The van der Waals surface area contributed by atoms with E-state index in [0.29, 0.717) is 5.92 Å². The second-order valence-electron chi connectivity index (χ2n) is 4.93. The molecule has 1 fully saturated rings. The summed E-state index contributed by atoms with van der Waals surface area (Å²) in [6, 6.07) is 4.98. The Hall–Kier alpha value is -1.27. The standard InChI is InChI=1S/C12H19N3O2S/c1-9-4-3-7-15(8-9)10-5-2-6-11(12(10)13)18(14,16)17/h2,5-6,9H,3-4,7-8,13H2,1H3,(H2,14,16,17). The fraction of sp³-hybridized carbons (Fsp3) is 0.500. The molecule has 1 aliphatic rings. The molecule has 1 heterocycles. The first-order chi connectivity index (χ1) is 8.39. The van der Waals surface area contributed by atoms with Crippen molar-refractivity contribution in [1.82, 2.24) is 0 Å². The van der Waals surface area contributed by atoms with E-state index in [1.54, 1.807) is 6.07 Å². The van der Waals surface area contributed by atoms with Crippen molar-refractivity contribution in [3.63, 3.8) is 0 Å². The third kappa shape index (κ3) is 2.59. The van der Waals surface area contributed by atoms with Gasteiger partial charge in [-0.05, 0) is 30.9 Å². The largest absolute Gasteiger partial charge is 0.396 e. The molecule has 1 aliphatic heterocycles. The number of nitrogens with zero attached hydrogens (tertiary/aromatic N) is 1. The van der Waals surface area contributed by atoms with Gasteiger partial charge in [-0.1, -0.05) is 13.0 Å². The van der Waals surface area contributed by atoms with Gasteiger partial charge in [-0.15, -0.1) is 0 Å². The second-order valence-corrected chi connectivity index (χ2v) is 6.46. The number of anilines is 2. The van der Waals surface area contributed by atoms with E-state index in [4.69, 9.17) is 10.9 Å². The van der Waals surface area contributed by atoms with Gasteiger partial charge in [-0.25, -0.2) is 13.6 Å². The fourth-order valence-electron chi connectivity index (χ4n) is 2.46. The number of hydrogen-bond acceptors (Lipinski definition) is 4. The molecule has 0 bridgehead atoms. The molecule has 6 heteroatoms. The number of benzene rings is 1. The normalized spacial score (nSPS) is 21.0. The van der Waals surface area contributed by atoms with Crippen LogP contribution in [0.5, 0.6) is 0 Å². The number of rotatable bonds is 2. The van der Waals surface area contributed by atoms with Crippen LogP contribution in [0.25, 0.3) is 0 Å². The quantitative estimate of drug-likeness (QED) is 0.788. The van der Waals surface area contributed by atoms with E-state index in [2.05, 4.69) is 11.8 Å². The second kappa shape index (κ2) is 4.78. The van der Waals surface area contributed by atoms with Crippen molar-refractivity contribution in [2.24, 2.45) is 11.1 Å². The van der Waals surface area contributed by atoms with Crippen LogP contribution in [0.4, 0.5) is 11.4 Å². The van der Waals surface area contributed by atoms with Crippen molar-refractivity contribution in [2.75, 3.05) is 23.7 Å². The first kappa shape index (κ1) is 13.2. The molecule has 0 aliphatic carbocycles. The lowest BCUT2D eigenvalue weighted by Crippen LogP contribution is -2.35. The first-order valence-electron chi connectivity index (χ1n) is 6.06. The van der Waals surface area contributed by atoms with Crippen molar-refractivity contribution < 1.29 is 8.42 Å². The van der Waals surface area contributed by atoms with Crippen molar-refractivity contribution in [1.29, 1.82) is 0 Å². The van der Waals surface area contributed by atoms with Crippen LogP contribution in [0.15, 0.2) is 23.1 Å². The third-order valence-electron chi connectivity index (χ3n) is 3.35. The summed E-state index contributed by atoms with van der Waals surface area (Å²) in [5.41, 5.74) is 6.97. The summed E-state index contributed by atoms with van der Waals surface area (Å²) in [6.07, 6.45) is 2.30. The monoisotopic (exact) mass is 269 g/mol. The van der Waals surface area contributed by atoms with E-state index in [0.717, 1.165) is 25.2 Å². The van der Waals surface area contributed by atoms with Gasteiger partial charge >= 0.3 is 0 Å². The minimum Gasteiger partial charge on any atom is -0.396 e. The first-order valence-corrected chi connectivity index (χ1v) is 7.60. The van der Waals surface area contributed by atoms with Crippen LogP contribution in [0.3, 0.4) is 0 Å². The van der Waals surface area contributed by atoms with E-state index in [-0.39, 0.29) is 10.6 Å². The predicted octanol–water partition coefficient (Wildman–Crippen LogP) is 1.15. The smallest absolute Gasteiger partial charge is 0.240 e. The van der Waals surface area contributed by atoms with Gasteiger partial charge in [0.15, 0.2) is 0 Å². The highest BCUT2D eigenvalue weighted by molar-refractivity contribution is 7.89. The minimum atomic E-state index is -3.76. The van der Waals surface area contributed by atoms with Gasteiger partial charge in [-0.2, -0.15) is 0 Å². The molecule has 1 unspecified atom stereocenters. The zero-order valence-corrected chi connectivity index (χ0v) is 11.3. The Labute approximate surface area is 108 Å². The van der Waals surface area contributed by atoms with Gasteiger partial charge in [0.1, 0.15) is 4.90 Å². The van der Waals surface area contributed by atoms with Crippen LogP contribution in [0.1, 0.15) is 19.8 Å². The molecule has 0 spiro atoms. The van der Waals surface area contributed by atoms with Crippen molar-refractivity contribution in [2.45, 2.75) is 24.7 Å². The maximum absolute atomic E-state index is 11.4. The Bertz CT molecular complexity index is 542. The average Bonchev–Trinajstić information content (AvgIpc) is 2.27. The van der Waals surface area contributed by atoms with E-state index < -0.39 is 10.0 Å². The zero-order valence-electron chi connectivity index (χ0n) is 10.5. The maximum Gasteiger partial charge on any atom is 0.240 e. The summed E-state index contributed by atoms with van der Waals surface area (Å²) in [6.45, 7) is 3.99. The lowest BCUT2D eigenvalue weighted by atomic mass is 9.99. The van der Waals surface area contributed by atoms with Gasteiger partial charge < -0.3 is 10.6 Å². The number of nitrogens with two attached hydrogens (primary N) is 2. The summed E-state index contributed by atoms with van der Waals surface area (Å²) >= 11 is 0. The van der Waals surface area contributed by atoms with Gasteiger partial charge in [0.25, 0.3) is 0 Å². The summed E-state index contributed by atoms with van der Waals surface area (Å²) in [5.74, 6) is 0.594. The molecule has 5 nitrogen and oxygen atoms in total. The SMILES string of the molecule is CC1CCCN(c2cccc(S(N)(=O)=O)c2N)C1. The van der Waals surface area contributed by atoms with Gasteiger partial charge in [-0.3, -0.25) is 0 Å². The fourth-order valence-corrected chi connectivity index (χ4v) is 3.14. The van der Waals surface area contributed by atoms with Crippen LogP contribution in [0, 0.1) is 5.92 Å². The van der Waals surface area contributed by atoms with Gasteiger partial charge in [0.2, 0.25) is 10.0 Å². The number of piperidine rings is 1. The highest BCUT2D eigenvalue weighted by Gasteiger charge is 2.21. The molecule has 0 amide bonds. The van der Waals surface area contributed by atoms with Gasteiger partial charge in [0, 0.05) is 13.1 Å². The summed E-state index contributed by atoms with van der Waals surface area (Å²) < 4.78 is 22.9. The molecule has 1 saturated heterocycles. The Morgan fingerprint density at radius 2 is 2.11 bits per heavy atom. The third-order valence-corrected chi connectivity index (χ3v) is 4.32. The number of para-hydroxylation sites is 1. The van der Waals surface area contributed by atoms with Crippen molar-refractivity contribution in [3.8, 4) is 0 Å². The number of hydrogen-bond donors (Lipinski definition) is 2. The van der Waals surface area contributed by atoms with E-state index >= 15 is 0 Å². The molecule has 1 aromatic rings. The molecule has 0 radical (unpaired) electrons. The topological polar surface area (TPSA) is 89.4 Å². The van der Waals surface area contributed by atoms with E-state index in [9.17, 15) is 8.42 Å². The van der Waals surface area contributed by atoms with Crippen LogP contribution in [-0.4, -0.2) is 21.5 Å². The molecule has 100 valence electrons. The van der Waals surface area contributed by atoms with Crippen LogP contribution < -0.4 is 15.8 Å². The van der Waals surface area contributed by atoms with E-state index in [1.165, 1.54) is 12.5 Å². The Balaban J connectivity index is 2.40. The van der Waals surface area contributed by atoms with Crippen LogP contribution in [-0.2, 0) is 10.0 Å². The Kier molecular flexibility index (Phi) is 3.49. The molecule has 0 saturated carbocycles. The maximum atomic E-state index is 11.4. The van der Waals surface area contributed by atoms with Crippen molar-refractivity contribution in [3.05, 3.63) is 18.2 Å². The van der Waals surface area contributed by atoms with Crippen LogP contribution in [0.2, 0.25) is 0 Å². The molecule has 1 atom stereocenters. The van der Waals surface area contributed by atoms with E-state index in [1.807, 2.05) is 6.07 Å². The lowest BCUT2D eigenvalue weighted by molar-refractivity contribution is 0.447. The number of primary sulfonamides is 1. The number of sulfonamides is 1. The molecule has 1 aromatic carbocycles. The predicted molar refractivity (Wildman–Crippen MR) is 72.8 cm³/mol.